The maximum Gasteiger partial charge on any atom is 0.452 e. The highest BCUT2D eigenvalue weighted by Gasteiger charge is 2.43. The number of alkyl halides is 3. The summed E-state index contributed by atoms with van der Waals surface area (Å²) in [6.07, 6.45) is -5.21. The van der Waals surface area contributed by atoms with E-state index in [2.05, 4.69) is 10.2 Å². The SMILES string of the molecule is COc1cccc([C@H]2S[C@H](CC(=O)O)c3nnc(C(F)(F)F)n3-c3ccc(Cl)cc32)c1. The van der Waals surface area contributed by atoms with E-state index in [1.807, 2.05) is 0 Å². The molecule has 1 aliphatic rings. The zero-order valence-electron chi connectivity index (χ0n) is 15.9. The fourth-order valence-corrected chi connectivity index (χ4v) is 5.19. The molecule has 1 N–H and O–H groups in total. The van der Waals surface area contributed by atoms with E-state index in [1.165, 1.54) is 31.0 Å². The largest absolute Gasteiger partial charge is 0.497 e. The van der Waals surface area contributed by atoms with Crippen molar-refractivity contribution < 1.29 is 27.8 Å². The van der Waals surface area contributed by atoms with E-state index in [0.717, 1.165) is 10.1 Å². The number of halogens is 4. The van der Waals surface area contributed by atoms with Gasteiger partial charge in [0.1, 0.15) is 5.75 Å². The van der Waals surface area contributed by atoms with Gasteiger partial charge in [-0.15, -0.1) is 22.0 Å². The van der Waals surface area contributed by atoms with Crippen LogP contribution >= 0.6 is 23.4 Å². The molecular formula is C20H15ClF3N3O3S. The van der Waals surface area contributed by atoms with Gasteiger partial charge >= 0.3 is 12.1 Å². The number of benzene rings is 2. The number of nitrogens with zero attached hydrogens (tertiary/aromatic N) is 3. The number of fused-ring (bicyclic) bond motifs is 3. The standard InChI is InChI=1S/C20H15ClF3N3O3S/c1-30-12-4-2-3-10(7-12)17-13-8-11(21)5-6-14(13)27-18(15(31-17)9-16(28)29)25-26-19(27)20(22,23)24/h2-8,15,17H,9H2,1H3,(H,28,29)/t15-,17-/m1/s1. The van der Waals surface area contributed by atoms with Gasteiger partial charge in [0, 0.05) is 5.02 Å². The van der Waals surface area contributed by atoms with Crippen molar-refractivity contribution in [3.8, 4) is 11.4 Å². The second-order valence-electron chi connectivity index (χ2n) is 6.80. The summed E-state index contributed by atoms with van der Waals surface area (Å²) in [6, 6.07) is 11.6. The van der Waals surface area contributed by atoms with Gasteiger partial charge in [-0.2, -0.15) is 13.2 Å². The van der Waals surface area contributed by atoms with E-state index in [-0.39, 0.29) is 11.5 Å². The van der Waals surface area contributed by atoms with Gasteiger partial charge in [0.05, 0.1) is 29.7 Å². The highest BCUT2D eigenvalue weighted by Crippen LogP contribution is 2.52. The fraction of sp³-hybridized carbons (Fsp3) is 0.250. The van der Waals surface area contributed by atoms with Gasteiger partial charge in [0.15, 0.2) is 5.82 Å². The Kier molecular flexibility index (Phi) is 5.61. The zero-order chi connectivity index (χ0) is 22.3. The maximum atomic E-state index is 13.7. The fourth-order valence-electron chi connectivity index (χ4n) is 3.52. The van der Waals surface area contributed by atoms with Crippen molar-refractivity contribution in [3.63, 3.8) is 0 Å². The number of thioether (sulfide) groups is 1. The minimum absolute atomic E-state index is 0.0753. The smallest absolute Gasteiger partial charge is 0.452 e. The molecule has 11 heteroatoms. The first-order valence-corrected chi connectivity index (χ1v) is 10.3. The quantitative estimate of drug-likeness (QED) is 0.558. The molecule has 0 aliphatic carbocycles. The number of methoxy groups -OCH3 is 1. The van der Waals surface area contributed by atoms with Gasteiger partial charge in [-0.25, -0.2) is 0 Å². The summed E-state index contributed by atoms with van der Waals surface area (Å²) in [5, 5.41) is 15.4. The molecule has 0 spiro atoms. The van der Waals surface area contributed by atoms with Gasteiger partial charge in [0.25, 0.3) is 0 Å². The number of rotatable bonds is 4. The number of hydrogen-bond donors (Lipinski definition) is 1. The van der Waals surface area contributed by atoms with Crippen LogP contribution in [0.1, 0.15) is 39.7 Å². The highest BCUT2D eigenvalue weighted by atomic mass is 35.5. The maximum absolute atomic E-state index is 13.7. The minimum Gasteiger partial charge on any atom is -0.497 e. The van der Waals surface area contributed by atoms with Crippen LogP contribution in [0.3, 0.4) is 0 Å². The van der Waals surface area contributed by atoms with E-state index in [1.54, 1.807) is 30.3 Å². The van der Waals surface area contributed by atoms with Crippen molar-refractivity contribution in [2.45, 2.75) is 23.1 Å². The van der Waals surface area contributed by atoms with E-state index < -0.39 is 34.9 Å². The predicted molar refractivity (Wildman–Crippen MR) is 109 cm³/mol. The van der Waals surface area contributed by atoms with Gasteiger partial charge in [-0.05, 0) is 41.5 Å². The van der Waals surface area contributed by atoms with Crippen LogP contribution in [0.5, 0.6) is 5.75 Å². The third-order valence-corrected chi connectivity index (χ3v) is 6.54. The van der Waals surface area contributed by atoms with Crippen LogP contribution in [0, 0.1) is 0 Å². The monoisotopic (exact) mass is 469 g/mol. The van der Waals surface area contributed by atoms with Crippen LogP contribution in [0.2, 0.25) is 5.02 Å². The van der Waals surface area contributed by atoms with Crippen molar-refractivity contribution in [2.75, 3.05) is 7.11 Å². The highest BCUT2D eigenvalue weighted by molar-refractivity contribution is 8.00. The Bertz CT molecular complexity index is 1150. The van der Waals surface area contributed by atoms with Gasteiger partial charge < -0.3 is 9.84 Å². The Hall–Kier alpha value is -2.72. The molecule has 0 bridgehead atoms. The third-order valence-electron chi connectivity index (χ3n) is 4.80. The second-order valence-corrected chi connectivity index (χ2v) is 8.55. The first-order valence-electron chi connectivity index (χ1n) is 9.02. The number of carboxylic acids is 1. The molecule has 1 aromatic heterocycles. The van der Waals surface area contributed by atoms with Crippen LogP contribution in [-0.4, -0.2) is 33.0 Å². The lowest BCUT2D eigenvalue weighted by Crippen LogP contribution is -2.16. The Morgan fingerprint density at radius 3 is 2.71 bits per heavy atom. The Morgan fingerprint density at radius 1 is 1.26 bits per heavy atom. The molecule has 0 unspecified atom stereocenters. The topological polar surface area (TPSA) is 77.2 Å². The van der Waals surface area contributed by atoms with Crippen LogP contribution in [0.15, 0.2) is 42.5 Å². The summed E-state index contributed by atoms with van der Waals surface area (Å²) in [7, 11) is 1.51. The minimum atomic E-state index is -4.78. The van der Waals surface area contributed by atoms with Crippen molar-refractivity contribution in [1.82, 2.24) is 14.8 Å². The zero-order valence-corrected chi connectivity index (χ0v) is 17.5. The van der Waals surface area contributed by atoms with Crippen molar-refractivity contribution in [3.05, 3.63) is 70.3 Å². The number of carboxylic acid groups (broad SMARTS) is 1. The Labute approximate surface area is 184 Å². The van der Waals surface area contributed by atoms with Crippen molar-refractivity contribution in [1.29, 1.82) is 0 Å². The average Bonchev–Trinajstić information content (AvgIpc) is 3.11. The molecule has 3 aromatic rings. The lowest BCUT2D eigenvalue weighted by molar-refractivity contribution is -0.146. The van der Waals surface area contributed by atoms with Gasteiger partial charge in [-0.1, -0.05) is 23.7 Å². The third kappa shape index (κ3) is 4.09. The predicted octanol–water partition coefficient (Wildman–Crippen LogP) is 5.30. The molecule has 31 heavy (non-hydrogen) atoms. The lowest BCUT2D eigenvalue weighted by atomic mass is 10.0. The molecular weight excluding hydrogens is 455 g/mol. The number of hydrogen-bond acceptors (Lipinski definition) is 5. The number of carbonyl (C=O) groups is 1. The second kappa shape index (κ2) is 8.08. The molecule has 2 atom stereocenters. The molecule has 4 rings (SSSR count). The molecule has 162 valence electrons. The molecule has 1 aliphatic heterocycles. The van der Waals surface area contributed by atoms with Crippen LogP contribution in [0.4, 0.5) is 13.2 Å². The summed E-state index contributed by atoms with van der Waals surface area (Å²) >= 11 is 7.39. The molecule has 2 aromatic carbocycles. The Balaban J connectivity index is 2.00. The first-order chi connectivity index (χ1) is 14.7. The summed E-state index contributed by atoms with van der Waals surface area (Å²) in [4.78, 5) is 11.5. The van der Waals surface area contributed by atoms with E-state index in [9.17, 15) is 23.1 Å². The van der Waals surface area contributed by atoms with Crippen LogP contribution < -0.4 is 4.74 Å². The van der Waals surface area contributed by atoms with Crippen molar-refractivity contribution in [2.24, 2.45) is 0 Å². The van der Waals surface area contributed by atoms with Crippen molar-refractivity contribution >= 4 is 29.3 Å². The number of ether oxygens (including phenoxy) is 1. The Morgan fingerprint density at radius 2 is 2.03 bits per heavy atom. The molecule has 0 fully saturated rings. The molecule has 0 saturated carbocycles. The summed E-state index contributed by atoms with van der Waals surface area (Å²) in [5.41, 5.74) is 1.42. The number of aliphatic carboxylic acids is 1. The average molecular weight is 470 g/mol. The molecule has 0 saturated heterocycles. The normalized spacial score (nSPS) is 18.1. The summed E-state index contributed by atoms with van der Waals surface area (Å²) < 4.78 is 47.4. The van der Waals surface area contributed by atoms with Gasteiger partial charge in [-0.3, -0.25) is 9.36 Å². The van der Waals surface area contributed by atoms with E-state index >= 15 is 0 Å². The summed E-state index contributed by atoms with van der Waals surface area (Å²) in [5.74, 6) is -1.88. The number of aromatic nitrogens is 3. The van der Waals surface area contributed by atoms with E-state index in [4.69, 9.17) is 16.3 Å². The van der Waals surface area contributed by atoms with Gasteiger partial charge in [0.2, 0.25) is 5.82 Å². The molecule has 0 amide bonds. The lowest BCUT2D eigenvalue weighted by Gasteiger charge is -2.21. The first kappa shape index (κ1) is 21.5. The molecule has 0 radical (unpaired) electrons. The van der Waals surface area contributed by atoms with E-state index in [0.29, 0.717) is 16.3 Å². The summed E-state index contributed by atoms with van der Waals surface area (Å²) in [6.45, 7) is 0. The van der Waals surface area contributed by atoms with Crippen LogP contribution in [-0.2, 0) is 11.0 Å². The molecule has 2 heterocycles. The molecule has 6 nitrogen and oxygen atoms in total. The van der Waals surface area contributed by atoms with Crippen LogP contribution in [0.25, 0.3) is 5.69 Å².